The summed E-state index contributed by atoms with van der Waals surface area (Å²) in [6.07, 6.45) is 0. The van der Waals surface area contributed by atoms with Crippen LogP contribution >= 0.6 is 0 Å². The number of sulfone groups is 1. The summed E-state index contributed by atoms with van der Waals surface area (Å²) in [5, 5.41) is 8.91. The second kappa shape index (κ2) is 3.43. The maximum Gasteiger partial charge on any atom is 0.204 e. The summed E-state index contributed by atoms with van der Waals surface area (Å²) in [5.74, 6) is -0.637. The van der Waals surface area contributed by atoms with Crippen LogP contribution in [0.4, 0.5) is 4.39 Å². The van der Waals surface area contributed by atoms with Crippen molar-refractivity contribution in [3.05, 3.63) is 30.1 Å². The number of hydrogen-bond acceptors (Lipinski definition) is 3. The fraction of sp³-hybridized carbons (Fsp3) is 0.250. The molecule has 0 aliphatic rings. The van der Waals surface area contributed by atoms with Gasteiger partial charge in [-0.25, -0.2) is 12.8 Å². The second-order valence-electron chi connectivity index (χ2n) is 2.60. The molecule has 72 valence electrons. The Bertz CT molecular complexity index is 398. The lowest BCUT2D eigenvalue weighted by molar-refractivity contribution is 0.268. The highest BCUT2D eigenvalue weighted by Gasteiger charge is 2.20. The van der Waals surface area contributed by atoms with Crippen LogP contribution in [-0.2, 0) is 9.84 Å². The summed E-state index contributed by atoms with van der Waals surface area (Å²) >= 11 is 0. The van der Waals surface area contributed by atoms with E-state index >= 15 is 0 Å². The Morgan fingerprint density at radius 2 is 2.08 bits per heavy atom. The standard InChI is InChI=1S/C8H9FO3S/c1-6(10)13(11,12)8-4-2-3-7(9)5-8/h2-6,10H,1H3. The van der Waals surface area contributed by atoms with Crippen LogP contribution in [0, 0.1) is 5.82 Å². The molecule has 0 aromatic heterocycles. The maximum absolute atomic E-state index is 12.6. The van der Waals surface area contributed by atoms with E-state index in [4.69, 9.17) is 5.11 Å². The number of benzene rings is 1. The minimum absolute atomic E-state index is 0.206. The smallest absolute Gasteiger partial charge is 0.204 e. The molecule has 0 heterocycles. The summed E-state index contributed by atoms with van der Waals surface area (Å²) in [5.41, 5.74) is -1.52. The van der Waals surface area contributed by atoms with Gasteiger partial charge in [0.25, 0.3) is 0 Å². The first-order valence-electron chi connectivity index (χ1n) is 3.62. The van der Waals surface area contributed by atoms with Gasteiger partial charge in [0.15, 0.2) is 5.44 Å². The zero-order valence-corrected chi connectivity index (χ0v) is 7.75. The van der Waals surface area contributed by atoms with Gasteiger partial charge in [-0.1, -0.05) is 6.07 Å². The molecule has 0 fully saturated rings. The molecule has 1 N–H and O–H groups in total. The monoisotopic (exact) mass is 204 g/mol. The average Bonchev–Trinajstić information content (AvgIpc) is 2.04. The second-order valence-corrected chi connectivity index (χ2v) is 4.85. The van der Waals surface area contributed by atoms with Crippen molar-refractivity contribution in [3.63, 3.8) is 0 Å². The van der Waals surface area contributed by atoms with Crippen LogP contribution in [-0.4, -0.2) is 19.0 Å². The molecule has 0 spiro atoms. The first-order valence-corrected chi connectivity index (χ1v) is 5.17. The van der Waals surface area contributed by atoms with E-state index < -0.39 is 21.1 Å². The van der Waals surface area contributed by atoms with Crippen molar-refractivity contribution in [3.8, 4) is 0 Å². The van der Waals surface area contributed by atoms with Crippen molar-refractivity contribution in [1.82, 2.24) is 0 Å². The Kier molecular flexibility index (Phi) is 2.68. The summed E-state index contributed by atoms with van der Waals surface area (Å²) in [6.45, 7) is 1.13. The highest BCUT2D eigenvalue weighted by molar-refractivity contribution is 7.91. The molecular formula is C8H9FO3S. The first kappa shape index (κ1) is 10.1. The molecule has 0 aliphatic heterocycles. The zero-order valence-electron chi connectivity index (χ0n) is 6.94. The van der Waals surface area contributed by atoms with Crippen molar-refractivity contribution in [1.29, 1.82) is 0 Å². The van der Waals surface area contributed by atoms with Gasteiger partial charge in [-0.05, 0) is 25.1 Å². The third-order valence-corrected chi connectivity index (χ3v) is 3.38. The molecular weight excluding hydrogens is 195 g/mol. The normalized spacial score (nSPS) is 14.1. The summed E-state index contributed by atoms with van der Waals surface area (Å²) in [6, 6.07) is 4.54. The van der Waals surface area contributed by atoms with Gasteiger partial charge in [0.2, 0.25) is 9.84 Å². The predicted octanol–water partition coefficient (Wildman–Crippen LogP) is 0.938. The molecule has 1 unspecified atom stereocenters. The van der Waals surface area contributed by atoms with E-state index in [9.17, 15) is 12.8 Å². The Morgan fingerprint density at radius 3 is 2.54 bits per heavy atom. The SMILES string of the molecule is CC(O)S(=O)(=O)c1cccc(F)c1. The molecule has 13 heavy (non-hydrogen) atoms. The van der Waals surface area contributed by atoms with Gasteiger partial charge in [0, 0.05) is 0 Å². The van der Waals surface area contributed by atoms with E-state index in [0.717, 1.165) is 19.1 Å². The van der Waals surface area contributed by atoms with E-state index in [1.165, 1.54) is 12.1 Å². The van der Waals surface area contributed by atoms with Gasteiger partial charge in [-0.3, -0.25) is 0 Å². The van der Waals surface area contributed by atoms with Crippen molar-refractivity contribution in [2.24, 2.45) is 0 Å². The van der Waals surface area contributed by atoms with E-state index in [1.807, 2.05) is 0 Å². The Hall–Kier alpha value is -0.940. The third-order valence-electron chi connectivity index (χ3n) is 1.57. The van der Waals surface area contributed by atoms with Crippen LogP contribution in [0.25, 0.3) is 0 Å². The maximum atomic E-state index is 12.6. The van der Waals surface area contributed by atoms with Crippen LogP contribution in [0.1, 0.15) is 6.92 Å². The lowest BCUT2D eigenvalue weighted by Gasteiger charge is -2.06. The number of hydrogen-bond donors (Lipinski definition) is 1. The van der Waals surface area contributed by atoms with Crippen LogP contribution in [0.5, 0.6) is 0 Å². The molecule has 0 amide bonds. The van der Waals surface area contributed by atoms with Gasteiger partial charge in [0.1, 0.15) is 5.82 Å². The van der Waals surface area contributed by atoms with Gasteiger partial charge in [-0.2, -0.15) is 0 Å². The largest absolute Gasteiger partial charge is 0.377 e. The molecule has 0 radical (unpaired) electrons. The predicted molar refractivity (Wildman–Crippen MR) is 45.3 cm³/mol. The zero-order chi connectivity index (χ0) is 10.1. The Balaban J connectivity index is 3.24. The summed E-state index contributed by atoms with van der Waals surface area (Å²) < 4.78 is 35.1. The molecule has 1 atom stereocenters. The van der Waals surface area contributed by atoms with Gasteiger partial charge >= 0.3 is 0 Å². The highest BCUT2D eigenvalue weighted by atomic mass is 32.2. The summed E-state index contributed by atoms with van der Waals surface area (Å²) in [7, 11) is -3.78. The van der Waals surface area contributed by atoms with Gasteiger partial charge in [-0.15, -0.1) is 0 Å². The highest BCUT2D eigenvalue weighted by Crippen LogP contribution is 2.15. The van der Waals surface area contributed by atoms with Crippen molar-refractivity contribution in [2.45, 2.75) is 17.3 Å². The minimum atomic E-state index is -3.78. The number of rotatable bonds is 2. The van der Waals surface area contributed by atoms with Crippen LogP contribution in [0.3, 0.4) is 0 Å². The first-order chi connectivity index (χ1) is 5.94. The number of aliphatic hydroxyl groups excluding tert-OH is 1. The third kappa shape index (κ3) is 2.05. The quantitative estimate of drug-likeness (QED) is 0.780. The van der Waals surface area contributed by atoms with E-state index in [1.54, 1.807) is 0 Å². The molecule has 0 bridgehead atoms. The lowest BCUT2D eigenvalue weighted by Crippen LogP contribution is -2.16. The Labute approximate surface area is 75.7 Å². The van der Waals surface area contributed by atoms with Crippen molar-refractivity contribution < 1.29 is 17.9 Å². The fourth-order valence-corrected chi connectivity index (χ4v) is 1.78. The molecule has 0 saturated heterocycles. The van der Waals surface area contributed by atoms with Crippen LogP contribution in [0.2, 0.25) is 0 Å². The lowest BCUT2D eigenvalue weighted by atomic mass is 10.4. The average molecular weight is 204 g/mol. The minimum Gasteiger partial charge on any atom is -0.377 e. The number of halogens is 1. The van der Waals surface area contributed by atoms with Gasteiger partial charge < -0.3 is 5.11 Å². The molecule has 1 aromatic carbocycles. The molecule has 0 saturated carbocycles. The van der Waals surface area contributed by atoms with Gasteiger partial charge in [0.05, 0.1) is 4.90 Å². The van der Waals surface area contributed by atoms with Crippen LogP contribution < -0.4 is 0 Å². The van der Waals surface area contributed by atoms with E-state index in [2.05, 4.69) is 0 Å². The Morgan fingerprint density at radius 1 is 1.46 bits per heavy atom. The van der Waals surface area contributed by atoms with Crippen LogP contribution in [0.15, 0.2) is 29.2 Å². The van der Waals surface area contributed by atoms with Crippen molar-refractivity contribution >= 4 is 9.84 Å². The van der Waals surface area contributed by atoms with E-state index in [0.29, 0.717) is 0 Å². The topological polar surface area (TPSA) is 54.4 Å². The van der Waals surface area contributed by atoms with Crippen molar-refractivity contribution in [2.75, 3.05) is 0 Å². The molecule has 1 aromatic rings. The molecule has 1 rings (SSSR count). The summed E-state index contributed by atoms with van der Waals surface area (Å²) in [4.78, 5) is -0.206. The number of aliphatic hydroxyl groups is 1. The van der Waals surface area contributed by atoms with E-state index in [-0.39, 0.29) is 4.90 Å². The molecule has 3 nitrogen and oxygen atoms in total. The fourth-order valence-electron chi connectivity index (χ4n) is 0.841. The molecule has 0 aliphatic carbocycles. The molecule has 5 heteroatoms.